The molecule has 5 nitrogen and oxygen atoms in total. The maximum atomic E-state index is 12.3. The van der Waals surface area contributed by atoms with Crippen LogP contribution in [0, 0.1) is 16.7 Å². The van der Waals surface area contributed by atoms with Gasteiger partial charge in [0.15, 0.2) is 0 Å². The van der Waals surface area contributed by atoms with Gasteiger partial charge < -0.3 is 5.11 Å². The lowest BCUT2D eigenvalue weighted by Crippen LogP contribution is -2.38. The van der Waals surface area contributed by atoms with Crippen molar-refractivity contribution in [1.82, 2.24) is 4.72 Å². The monoisotopic (exact) mass is 328 g/mol. The van der Waals surface area contributed by atoms with E-state index in [1.165, 1.54) is 18.2 Å². The molecule has 0 amide bonds. The molecular formula is C14H17ClN2O3S. The van der Waals surface area contributed by atoms with E-state index >= 15 is 0 Å². The Morgan fingerprint density at radius 2 is 2.05 bits per heavy atom. The van der Waals surface area contributed by atoms with Crippen molar-refractivity contribution in [2.75, 3.05) is 13.2 Å². The number of sulfonamides is 1. The third-order valence-corrected chi connectivity index (χ3v) is 5.87. The summed E-state index contributed by atoms with van der Waals surface area (Å²) in [7, 11) is -3.80. The van der Waals surface area contributed by atoms with E-state index < -0.39 is 10.0 Å². The quantitative estimate of drug-likeness (QED) is 0.865. The highest BCUT2D eigenvalue weighted by Crippen LogP contribution is 2.37. The molecule has 0 heterocycles. The first-order valence-electron chi connectivity index (χ1n) is 6.73. The van der Waals surface area contributed by atoms with E-state index in [4.69, 9.17) is 16.9 Å². The second-order valence-electron chi connectivity index (χ2n) is 5.45. The van der Waals surface area contributed by atoms with Crippen LogP contribution in [0.4, 0.5) is 0 Å². The van der Waals surface area contributed by atoms with Crippen molar-refractivity contribution in [1.29, 1.82) is 5.26 Å². The minimum atomic E-state index is -3.80. The van der Waals surface area contributed by atoms with Gasteiger partial charge >= 0.3 is 0 Å². The summed E-state index contributed by atoms with van der Waals surface area (Å²) >= 11 is 5.92. The molecule has 1 aliphatic rings. The summed E-state index contributed by atoms with van der Waals surface area (Å²) in [5.74, 6) is 0. The van der Waals surface area contributed by atoms with Gasteiger partial charge in [0.05, 0.1) is 16.7 Å². The van der Waals surface area contributed by atoms with E-state index in [2.05, 4.69) is 4.72 Å². The fraction of sp³-hybridized carbons (Fsp3) is 0.500. The maximum absolute atomic E-state index is 12.3. The van der Waals surface area contributed by atoms with Crippen molar-refractivity contribution < 1.29 is 13.5 Å². The van der Waals surface area contributed by atoms with Crippen LogP contribution in [0.1, 0.15) is 31.2 Å². The molecule has 0 saturated heterocycles. The molecule has 0 aliphatic heterocycles. The molecule has 0 aromatic heterocycles. The Bertz CT molecular complexity index is 661. The number of nitriles is 1. The van der Waals surface area contributed by atoms with Gasteiger partial charge in [0, 0.05) is 18.6 Å². The van der Waals surface area contributed by atoms with Gasteiger partial charge in [-0.3, -0.25) is 0 Å². The molecule has 21 heavy (non-hydrogen) atoms. The van der Waals surface area contributed by atoms with Crippen LogP contribution in [0.5, 0.6) is 0 Å². The minimum Gasteiger partial charge on any atom is -0.396 e. The first kappa shape index (κ1) is 16.2. The molecule has 114 valence electrons. The Hall–Kier alpha value is -1.13. The van der Waals surface area contributed by atoms with Gasteiger partial charge in [0.2, 0.25) is 10.0 Å². The Morgan fingerprint density at radius 1 is 1.38 bits per heavy atom. The standard InChI is InChI=1S/C14H17ClN2O3S/c15-12-4-3-11(8-16)7-13(12)21(19,20)17-9-14(10-18)5-1-2-6-14/h3-4,7,17-18H,1-2,5-6,9-10H2. The van der Waals surface area contributed by atoms with E-state index in [0.29, 0.717) is 0 Å². The minimum absolute atomic E-state index is 0.0402. The molecule has 0 unspecified atom stereocenters. The fourth-order valence-electron chi connectivity index (χ4n) is 2.62. The lowest BCUT2D eigenvalue weighted by atomic mass is 9.88. The van der Waals surface area contributed by atoms with Crippen molar-refractivity contribution in [2.45, 2.75) is 30.6 Å². The SMILES string of the molecule is N#Cc1ccc(Cl)c(S(=O)(=O)NCC2(CO)CCCC2)c1. The molecule has 7 heteroatoms. The van der Waals surface area contributed by atoms with E-state index in [1.807, 2.05) is 6.07 Å². The van der Waals surface area contributed by atoms with Gasteiger partial charge in [-0.15, -0.1) is 0 Å². The van der Waals surface area contributed by atoms with Gasteiger partial charge in [-0.1, -0.05) is 24.4 Å². The van der Waals surface area contributed by atoms with Gasteiger partial charge in [0.25, 0.3) is 0 Å². The van der Waals surface area contributed by atoms with Crippen molar-refractivity contribution in [3.63, 3.8) is 0 Å². The predicted octanol–water partition coefficient (Wildman–Crippen LogP) is 2.04. The molecule has 1 aromatic carbocycles. The van der Waals surface area contributed by atoms with Crippen LogP contribution in [-0.4, -0.2) is 26.7 Å². The predicted molar refractivity (Wildman–Crippen MR) is 79.3 cm³/mol. The highest BCUT2D eigenvalue weighted by Gasteiger charge is 2.34. The molecule has 0 radical (unpaired) electrons. The molecule has 0 bridgehead atoms. The lowest BCUT2D eigenvalue weighted by Gasteiger charge is -2.26. The normalized spacial score (nSPS) is 17.6. The van der Waals surface area contributed by atoms with Gasteiger partial charge in [0.1, 0.15) is 4.90 Å². The third kappa shape index (κ3) is 3.55. The topological polar surface area (TPSA) is 90.2 Å². The molecular weight excluding hydrogens is 312 g/mol. The van der Waals surface area contributed by atoms with Crippen LogP contribution >= 0.6 is 11.6 Å². The number of nitrogens with zero attached hydrogens (tertiary/aromatic N) is 1. The second kappa shape index (κ2) is 6.32. The van der Waals surface area contributed by atoms with E-state index in [9.17, 15) is 13.5 Å². The van der Waals surface area contributed by atoms with Crippen LogP contribution in [-0.2, 0) is 10.0 Å². The second-order valence-corrected chi connectivity index (χ2v) is 7.59. The van der Waals surface area contributed by atoms with Crippen LogP contribution in [0.15, 0.2) is 23.1 Å². The van der Waals surface area contributed by atoms with Crippen LogP contribution < -0.4 is 4.72 Å². The Morgan fingerprint density at radius 3 is 2.62 bits per heavy atom. The molecule has 2 N–H and O–H groups in total. The molecule has 1 saturated carbocycles. The van der Waals surface area contributed by atoms with E-state index in [1.54, 1.807) is 0 Å². The number of rotatable bonds is 5. The Labute approximate surface area is 129 Å². The molecule has 1 aromatic rings. The van der Waals surface area contributed by atoms with Crippen LogP contribution in [0.2, 0.25) is 5.02 Å². The van der Waals surface area contributed by atoms with E-state index in [-0.39, 0.29) is 34.0 Å². The van der Waals surface area contributed by atoms with Crippen molar-refractivity contribution in [3.8, 4) is 6.07 Å². The lowest BCUT2D eigenvalue weighted by molar-refractivity contribution is 0.134. The molecule has 0 atom stereocenters. The first-order valence-corrected chi connectivity index (χ1v) is 8.59. The molecule has 1 fully saturated rings. The number of hydrogen-bond donors (Lipinski definition) is 2. The van der Waals surface area contributed by atoms with E-state index in [0.717, 1.165) is 25.7 Å². The number of hydrogen-bond acceptors (Lipinski definition) is 4. The maximum Gasteiger partial charge on any atom is 0.242 e. The summed E-state index contributed by atoms with van der Waals surface area (Å²) in [6.07, 6.45) is 3.59. The zero-order valence-electron chi connectivity index (χ0n) is 11.5. The van der Waals surface area contributed by atoms with Gasteiger partial charge in [-0.25, -0.2) is 13.1 Å². The largest absolute Gasteiger partial charge is 0.396 e. The van der Waals surface area contributed by atoms with Gasteiger partial charge in [-0.2, -0.15) is 5.26 Å². The summed E-state index contributed by atoms with van der Waals surface area (Å²) in [5.41, 5.74) is -0.149. The molecule has 1 aliphatic carbocycles. The summed E-state index contributed by atoms with van der Waals surface area (Å²) in [6.45, 7) is 0.139. The number of nitrogens with one attached hydrogen (secondary N) is 1. The summed E-state index contributed by atoms with van der Waals surface area (Å²) in [4.78, 5) is -0.102. The van der Waals surface area contributed by atoms with Crippen LogP contribution in [0.3, 0.4) is 0 Å². The highest BCUT2D eigenvalue weighted by atomic mass is 35.5. The smallest absolute Gasteiger partial charge is 0.242 e. The zero-order valence-corrected chi connectivity index (χ0v) is 13.0. The fourth-order valence-corrected chi connectivity index (χ4v) is 4.30. The third-order valence-electron chi connectivity index (χ3n) is 3.99. The number of benzene rings is 1. The number of aliphatic hydroxyl groups is 1. The molecule has 2 rings (SSSR count). The Balaban J connectivity index is 2.21. The van der Waals surface area contributed by atoms with Crippen LogP contribution in [0.25, 0.3) is 0 Å². The van der Waals surface area contributed by atoms with Crippen molar-refractivity contribution in [3.05, 3.63) is 28.8 Å². The van der Waals surface area contributed by atoms with Crippen molar-refractivity contribution in [2.24, 2.45) is 5.41 Å². The summed E-state index contributed by atoms with van der Waals surface area (Å²) in [5, 5.41) is 18.5. The Kier molecular flexibility index (Phi) is 4.89. The molecule has 0 spiro atoms. The number of halogens is 1. The number of aliphatic hydroxyl groups excluding tert-OH is 1. The van der Waals surface area contributed by atoms with Crippen molar-refractivity contribution >= 4 is 21.6 Å². The summed E-state index contributed by atoms with van der Waals surface area (Å²) < 4.78 is 27.2. The summed E-state index contributed by atoms with van der Waals surface area (Å²) in [6, 6.07) is 6.01. The first-order chi connectivity index (χ1) is 9.92. The average Bonchev–Trinajstić information content (AvgIpc) is 2.95. The zero-order chi connectivity index (χ0) is 15.5. The highest BCUT2D eigenvalue weighted by molar-refractivity contribution is 7.89. The van der Waals surface area contributed by atoms with Gasteiger partial charge in [-0.05, 0) is 31.0 Å². The average molecular weight is 329 g/mol.